The molecular weight excluding hydrogens is 380 g/mol. The number of nitriles is 2. The molecule has 1 aromatic rings. The Morgan fingerprint density at radius 2 is 1.71 bits per heavy atom. The number of carbonyl (C=O) groups is 1. The van der Waals surface area contributed by atoms with Crippen molar-refractivity contribution in [3.05, 3.63) is 39.7 Å². The van der Waals surface area contributed by atoms with Crippen molar-refractivity contribution < 1.29 is 19.0 Å². The van der Waals surface area contributed by atoms with Gasteiger partial charge in [0.25, 0.3) is 0 Å². The third-order valence-corrected chi connectivity index (χ3v) is 5.68. The lowest BCUT2D eigenvalue weighted by Crippen LogP contribution is -2.40. The summed E-state index contributed by atoms with van der Waals surface area (Å²) in [6, 6.07) is 7.61. The van der Waals surface area contributed by atoms with Crippen molar-refractivity contribution in [2.45, 2.75) is 12.3 Å². The quantitative estimate of drug-likeness (QED) is 0.819. The van der Waals surface area contributed by atoms with Crippen LogP contribution in [-0.4, -0.2) is 37.9 Å². The first kappa shape index (κ1) is 19.5. The van der Waals surface area contributed by atoms with Gasteiger partial charge < -0.3 is 19.9 Å². The van der Waals surface area contributed by atoms with Gasteiger partial charge in [-0.2, -0.15) is 10.5 Å². The number of carbonyl (C=O) groups excluding carboxylic acids is 1. The predicted octanol–water partition coefficient (Wildman–Crippen LogP) is 2.20. The number of thioether (sulfide) groups is 1. The summed E-state index contributed by atoms with van der Waals surface area (Å²) < 4.78 is 16.1. The summed E-state index contributed by atoms with van der Waals surface area (Å²) in [6.07, 6.45) is 0.293. The Bertz CT molecular complexity index is 962. The number of hydrogen-bond acceptors (Lipinski definition) is 8. The molecule has 3 rings (SSSR count). The Morgan fingerprint density at radius 1 is 1.11 bits per heavy atom. The van der Waals surface area contributed by atoms with Gasteiger partial charge in [-0.1, -0.05) is 0 Å². The molecule has 0 aliphatic carbocycles. The largest absolute Gasteiger partial charge is 0.493 e. The molecule has 2 N–H and O–H groups in total. The molecule has 0 spiro atoms. The molecule has 1 unspecified atom stereocenters. The number of benzene rings is 1. The van der Waals surface area contributed by atoms with Gasteiger partial charge in [0, 0.05) is 12.2 Å². The van der Waals surface area contributed by atoms with Crippen molar-refractivity contribution in [2.75, 3.05) is 27.1 Å². The zero-order valence-electron chi connectivity index (χ0n) is 15.6. The molecule has 28 heavy (non-hydrogen) atoms. The Balaban J connectivity index is 2.28. The third-order valence-electron chi connectivity index (χ3n) is 4.59. The number of hydrogen-bond donors (Lipinski definition) is 1. The van der Waals surface area contributed by atoms with Crippen LogP contribution in [0.25, 0.3) is 0 Å². The summed E-state index contributed by atoms with van der Waals surface area (Å²) in [4.78, 5) is 13.7. The number of fused-ring (bicyclic) bond motifs is 1. The number of nitrogens with two attached hydrogens (primary N) is 1. The summed E-state index contributed by atoms with van der Waals surface area (Å²) in [5.74, 6) is 0.813. The molecule has 9 heteroatoms. The minimum atomic E-state index is -0.742. The molecule has 1 fully saturated rings. The standard InChI is InChI=1S/C19H18N4O4S/c1-25-13-6-10(7-14(26-2)17(13)27-3)16-11(8-20)18(22)23-15(24)4-5-28-19(23)12(16)9-21/h6-7,16H,4-5,22H2,1-3H3. The summed E-state index contributed by atoms with van der Waals surface area (Å²) >= 11 is 1.38. The number of methoxy groups -OCH3 is 3. The second-order valence-electron chi connectivity index (χ2n) is 5.96. The van der Waals surface area contributed by atoms with Gasteiger partial charge in [-0.05, 0) is 17.7 Å². The second-order valence-corrected chi connectivity index (χ2v) is 7.04. The van der Waals surface area contributed by atoms with Crippen LogP contribution >= 0.6 is 11.8 Å². The van der Waals surface area contributed by atoms with E-state index in [-0.39, 0.29) is 22.9 Å². The van der Waals surface area contributed by atoms with Crippen LogP contribution < -0.4 is 19.9 Å². The Labute approximate surface area is 166 Å². The molecule has 2 aliphatic heterocycles. The highest BCUT2D eigenvalue weighted by atomic mass is 32.2. The molecule has 2 heterocycles. The van der Waals surface area contributed by atoms with E-state index >= 15 is 0 Å². The van der Waals surface area contributed by atoms with Gasteiger partial charge >= 0.3 is 0 Å². The highest BCUT2D eigenvalue weighted by molar-refractivity contribution is 8.03. The summed E-state index contributed by atoms with van der Waals surface area (Å²) in [5.41, 5.74) is 7.19. The van der Waals surface area contributed by atoms with Crippen molar-refractivity contribution in [3.63, 3.8) is 0 Å². The summed E-state index contributed by atoms with van der Waals surface area (Å²) in [6.45, 7) is 0. The third kappa shape index (κ3) is 2.90. The molecule has 0 aromatic heterocycles. The SMILES string of the molecule is COc1cc(C2C(C#N)=C(N)N3C(=O)CCSC3=C2C#N)cc(OC)c1OC. The van der Waals surface area contributed by atoms with E-state index in [0.29, 0.717) is 40.0 Å². The minimum absolute atomic E-state index is 0.0486. The van der Waals surface area contributed by atoms with Crippen molar-refractivity contribution in [2.24, 2.45) is 5.73 Å². The second kappa shape index (κ2) is 7.75. The number of nitrogens with zero attached hydrogens (tertiary/aromatic N) is 3. The van der Waals surface area contributed by atoms with Crippen molar-refractivity contribution >= 4 is 17.7 Å². The van der Waals surface area contributed by atoms with Gasteiger partial charge in [0.15, 0.2) is 11.5 Å². The van der Waals surface area contributed by atoms with Crippen LogP contribution in [0.5, 0.6) is 17.2 Å². The van der Waals surface area contributed by atoms with E-state index in [4.69, 9.17) is 19.9 Å². The van der Waals surface area contributed by atoms with Crippen molar-refractivity contribution in [3.8, 4) is 29.4 Å². The zero-order valence-corrected chi connectivity index (χ0v) is 16.4. The number of allylic oxidation sites excluding steroid dienone is 2. The molecule has 2 aliphatic rings. The van der Waals surface area contributed by atoms with Crippen LogP contribution in [0.2, 0.25) is 0 Å². The maximum absolute atomic E-state index is 12.4. The van der Waals surface area contributed by atoms with Crippen molar-refractivity contribution in [1.82, 2.24) is 4.90 Å². The van der Waals surface area contributed by atoms with Crippen molar-refractivity contribution in [1.29, 1.82) is 10.5 Å². The van der Waals surface area contributed by atoms with Gasteiger partial charge in [0.2, 0.25) is 11.7 Å². The van der Waals surface area contributed by atoms with Crippen LogP contribution in [0.4, 0.5) is 0 Å². The van der Waals surface area contributed by atoms with E-state index in [9.17, 15) is 15.3 Å². The molecule has 1 atom stereocenters. The highest BCUT2D eigenvalue weighted by Gasteiger charge is 2.40. The molecule has 0 bridgehead atoms. The average Bonchev–Trinajstić information content (AvgIpc) is 2.72. The molecule has 1 saturated heterocycles. The highest BCUT2D eigenvalue weighted by Crippen LogP contribution is 2.48. The topological polar surface area (TPSA) is 122 Å². The lowest BCUT2D eigenvalue weighted by atomic mass is 9.83. The van der Waals surface area contributed by atoms with Gasteiger partial charge in [-0.15, -0.1) is 11.8 Å². The maximum atomic E-state index is 12.4. The Morgan fingerprint density at radius 3 is 2.21 bits per heavy atom. The summed E-state index contributed by atoms with van der Waals surface area (Å²) in [5, 5.41) is 20.1. The minimum Gasteiger partial charge on any atom is -0.493 e. The number of rotatable bonds is 4. The molecule has 0 saturated carbocycles. The van der Waals surface area contributed by atoms with Gasteiger partial charge in [0.1, 0.15) is 5.82 Å². The normalized spacial score (nSPS) is 19.0. The van der Waals surface area contributed by atoms with Gasteiger partial charge in [-0.3, -0.25) is 9.69 Å². The number of ether oxygens (including phenoxy) is 3. The lowest BCUT2D eigenvalue weighted by Gasteiger charge is -2.36. The molecule has 0 radical (unpaired) electrons. The van der Waals surface area contributed by atoms with Crippen LogP contribution in [0, 0.1) is 22.7 Å². The van der Waals surface area contributed by atoms with Crippen LogP contribution in [0.3, 0.4) is 0 Å². The van der Waals surface area contributed by atoms with Gasteiger partial charge in [-0.25, -0.2) is 0 Å². The smallest absolute Gasteiger partial charge is 0.233 e. The molecule has 1 amide bonds. The molecule has 8 nitrogen and oxygen atoms in total. The first-order valence-electron chi connectivity index (χ1n) is 8.32. The first-order chi connectivity index (χ1) is 13.5. The van der Waals surface area contributed by atoms with E-state index in [0.717, 1.165) is 0 Å². The summed E-state index contributed by atoms with van der Waals surface area (Å²) in [7, 11) is 4.46. The van der Waals surface area contributed by atoms with E-state index in [1.165, 1.54) is 38.0 Å². The fourth-order valence-electron chi connectivity index (χ4n) is 3.34. The maximum Gasteiger partial charge on any atom is 0.233 e. The van der Waals surface area contributed by atoms with Gasteiger partial charge in [0.05, 0.1) is 55.6 Å². The Hall–Kier alpha value is -3.30. The number of amides is 1. The van der Waals surface area contributed by atoms with E-state index in [1.807, 2.05) is 0 Å². The first-order valence-corrected chi connectivity index (χ1v) is 9.30. The van der Waals surface area contributed by atoms with Crippen LogP contribution in [0.1, 0.15) is 17.9 Å². The van der Waals surface area contributed by atoms with Crippen LogP contribution in [-0.2, 0) is 4.79 Å². The fourth-order valence-corrected chi connectivity index (χ4v) is 4.46. The lowest BCUT2D eigenvalue weighted by molar-refractivity contribution is -0.127. The van der Waals surface area contributed by atoms with E-state index in [1.54, 1.807) is 12.1 Å². The zero-order chi connectivity index (χ0) is 20.4. The predicted molar refractivity (Wildman–Crippen MR) is 102 cm³/mol. The van der Waals surface area contributed by atoms with E-state index in [2.05, 4.69) is 12.1 Å². The van der Waals surface area contributed by atoms with Crippen LogP contribution in [0.15, 0.2) is 34.1 Å². The molecule has 1 aromatic carbocycles. The molecular formula is C19H18N4O4S. The molecule has 144 valence electrons. The van der Waals surface area contributed by atoms with E-state index < -0.39 is 5.92 Å². The Kier molecular flexibility index (Phi) is 5.39. The average molecular weight is 398 g/mol. The fraction of sp³-hybridized carbons (Fsp3) is 0.316. The monoisotopic (exact) mass is 398 g/mol.